The van der Waals surface area contributed by atoms with Crippen molar-refractivity contribution in [1.29, 1.82) is 0 Å². The molecule has 0 amide bonds. The lowest BCUT2D eigenvalue weighted by atomic mass is 10.2. The average molecular weight is 296 g/mol. The van der Waals surface area contributed by atoms with E-state index >= 15 is 0 Å². The Morgan fingerprint density at radius 2 is 2.00 bits per heavy atom. The van der Waals surface area contributed by atoms with Crippen LogP contribution in [0.1, 0.15) is 5.56 Å². The van der Waals surface area contributed by atoms with Crippen molar-refractivity contribution in [3.63, 3.8) is 0 Å². The molecule has 0 fully saturated rings. The van der Waals surface area contributed by atoms with E-state index in [4.69, 9.17) is 9.47 Å². The van der Waals surface area contributed by atoms with E-state index in [0.717, 1.165) is 34.9 Å². The highest BCUT2D eigenvalue weighted by molar-refractivity contribution is 5.68. The lowest BCUT2D eigenvalue weighted by Gasteiger charge is -2.22. The van der Waals surface area contributed by atoms with Gasteiger partial charge >= 0.3 is 0 Å². The number of ether oxygens (including phenoxy) is 2. The van der Waals surface area contributed by atoms with Gasteiger partial charge in [0.1, 0.15) is 18.7 Å². The van der Waals surface area contributed by atoms with E-state index in [2.05, 4.69) is 21.0 Å². The molecule has 0 atom stereocenters. The fourth-order valence-corrected chi connectivity index (χ4v) is 2.67. The first kappa shape index (κ1) is 12.9. The van der Waals surface area contributed by atoms with Crippen LogP contribution in [0.3, 0.4) is 0 Å². The van der Waals surface area contributed by atoms with E-state index in [1.54, 1.807) is 12.4 Å². The first-order chi connectivity index (χ1) is 10.8. The van der Waals surface area contributed by atoms with Crippen LogP contribution in [-0.2, 0) is 6.54 Å². The fourth-order valence-electron chi connectivity index (χ4n) is 2.67. The summed E-state index contributed by atoms with van der Waals surface area (Å²) in [4.78, 5) is 6.57. The van der Waals surface area contributed by atoms with Crippen LogP contribution in [0, 0.1) is 0 Å². The summed E-state index contributed by atoms with van der Waals surface area (Å²) in [6, 6.07) is 8.01. The highest BCUT2D eigenvalue weighted by Crippen LogP contribution is 2.31. The zero-order valence-electron chi connectivity index (χ0n) is 12.3. The molecule has 6 nitrogen and oxygen atoms in total. The molecule has 0 N–H and O–H groups in total. The Hall–Kier alpha value is -2.76. The lowest BCUT2D eigenvalue weighted by molar-refractivity contribution is 0.171. The summed E-state index contributed by atoms with van der Waals surface area (Å²) in [6.07, 6.45) is 5.38. The van der Waals surface area contributed by atoms with Gasteiger partial charge in [-0.25, -0.2) is 9.50 Å². The molecule has 1 aromatic carbocycles. The maximum Gasteiger partial charge on any atom is 0.161 e. The van der Waals surface area contributed by atoms with Crippen molar-refractivity contribution in [1.82, 2.24) is 14.6 Å². The molecule has 2 aromatic heterocycles. The van der Waals surface area contributed by atoms with Crippen LogP contribution < -0.4 is 14.4 Å². The SMILES string of the molecule is CN(Cc1ccc2c(c1)OCCO2)c1nccn2nccc12. The van der Waals surface area contributed by atoms with Crippen molar-refractivity contribution < 1.29 is 9.47 Å². The first-order valence-electron chi connectivity index (χ1n) is 7.19. The lowest BCUT2D eigenvalue weighted by Crippen LogP contribution is -2.19. The van der Waals surface area contributed by atoms with Gasteiger partial charge in [0.05, 0.1) is 6.20 Å². The minimum absolute atomic E-state index is 0.600. The minimum Gasteiger partial charge on any atom is -0.486 e. The number of nitrogens with zero attached hydrogens (tertiary/aromatic N) is 4. The van der Waals surface area contributed by atoms with Gasteiger partial charge in [-0.3, -0.25) is 0 Å². The van der Waals surface area contributed by atoms with Gasteiger partial charge in [0.15, 0.2) is 17.3 Å². The number of hydrogen-bond donors (Lipinski definition) is 0. The predicted molar refractivity (Wildman–Crippen MR) is 82.5 cm³/mol. The minimum atomic E-state index is 0.600. The average Bonchev–Trinajstić information content (AvgIpc) is 3.03. The van der Waals surface area contributed by atoms with Crippen LogP contribution in [0.25, 0.3) is 5.52 Å². The van der Waals surface area contributed by atoms with E-state index < -0.39 is 0 Å². The molecular weight excluding hydrogens is 280 g/mol. The number of rotatable bonds is 3. The van der Waals surface area contributed by atoms with Gasteiger partial charge in [-0.05, 0) is 23.8 Å². The van der Waals surface area contributed by atoms with Gasteiger partial charge in [-0.15, -0.1) is 0 Å². The third kappa shape index (κ3) is 2.22. The van der Waals surface area contributed by atoms with E-state index in [-0.39, 0.29) is 0 Å². The highest BCUT2D eigenvalue weighted by Gasteiger charge is 2.14. The smallest absolute Gasteiger partial charge is 0.161 e. The number of aromatic nitrogens is 3. The molecule has 0 unspecified atom stereocenters. The number of benzene rings is 1. The molecule has 1 aliphatic rings. The summed E-state index contributed by atoms with van der Waals surface area (Å²) in [5, 5.41) is 4.24. The van der Waals surface area contributed by atoms with Crippen LogP contribution in [0.2, 0.25) is 0 Å². The molecule has 0 aliphatic carbocycles. The summed E-state index contributed by atoms with van der Waals surface area (Å²) in [7, 11) is 2.02. The molecule has 0 saturated heterocycles. The predicted octanol–water partition coefficient (Wildman–Crippen LogP) is 2.14. The van der Waals surface area contributed by atoms with Crippen molar-refractivity contribution >= 4 is 11.3 Å². The van der Waals surface area contributed by atoms with Crippen molar-refractivity contribution in [3.05, 3.63) is 48.4 Å². The quantitative estimate of drug-likeness (QED) is 0.741. The molecular formula is C16H16N4O2. The van der Waals surface area contributed by atoms with Crippen molar-refractivity contribution in [3.8, 4) is 11.5 Å². The second kappa shape index (κ2) is 5.22. The summed E-state index contributed by atoms with van der Waals surface area (Å²) >= 11 is 0. The largest absolute Gasteiger partial charge is 0.486 e. The number of hydrogen-bond acceptors (Lipinski definition) is 5. The van der Waals surface area contributed by atoms with Crippen LogP contribution >= 0.6 is 0 Å². The summed E-state index contributed by atoms with van der Waals surface area (Å²) in [5.41, 5.74) is 2.14. The summed E-state index contributed by atoms with van der Waals surface area (Å²) in [5.74, 6) is 2.52. The number of anilines is 1. The van der Waals surface area contributed by atoms with Gasteiger partial charge in [0.25, 0.3) is 0 Å². The number of fused-ring (bicyclic) bond motifs is 2. The second-order valence-electron chi connectivity index (χ2n) is 5.25. The molecule has 3 aromatic rings. The van der Waals surface area contributed by atoms with Crippen molar-refractivity contribution in [2.75, 3.05) is 25.2 Å². The summed E-state index contributed by atoms with van der Waals surface area (Å²) < 4.78 is 13.0. The third-order valence-electron chi connectivity index (χ3n) is 3.69. The Balaban J connectivity index is 1.61. The molecule has 0 bridgehead atoms. The van der Waals surface area contributed by atoms with E-state index in [1.807, 2.05) is 36.0 Å². The molecule has 112 valence electrons. The van der Waals surface area contributed by atoms with Crippen LogP contribution in [0.15, 0.2) is 42.9 Å². The molecule has 6 heteroatoms. The van der Waals surface area contributed by atoms with Crippen LogP contribution in [0.5, 0.6) is 11.5 Å². The monoisotopic (exact) mass is 296 g/mol. The van der Waals surface area contributed by atoms with Gasteiger partial charge in [0.2, 0.25) is 0 Å². The normalized spacial score (nSPS) is 13.3. The molecule has 3 heterocycles. The van der Waals surface area contributed by atoms with Gasteiger partial charge < -0.3 is 14.4 Å². The molecule has 0 saturated carbocycles. The topological polar surface area (TPSA) is 51.9 Å². The second-order valence-corrected chi connectivity index (χ2v) is 5.25. The molecule has 1 aliphatic heterocycles. The molecule has 22 heavy (non-hydrogen) atoms. The van der Waals surface area contributed by atoms with Crippen molar-refractivity contribution in [2.24, 2.45) is 0 Å². The standard InChI is InChI=1S/C16H16N4O2/c1-19(16-13-4-5-18-20(13)7-6-17-16)11-12-2-3-14-15(10-12)22-9-8-21-14/h2-7,10H,8-9,11H2,1H3. The van der Waals surface area contributed by atoms with Crippen LogP contribution in [-0.4, -0.2) is 34.9 Å². The Kier molecular flexibility index (Phi) is 3.07. The Labute approximate surface area is 127 Å². The Bertz CT molecular complexity index is 815. The van der Waals surface area contributed by atoms with Gasteiger partial charge in [-0.1, -0.05) is 6.07 Å². The molecule has 4 rings (SSSR count). The maximum absolute atomic E-state index is 5.64. The zero-order valence-corrected chi connectivity index (χ0v) is 12.3. The summed E-state index contributed by atoms with van der Waals surface area (Å²) in [6.45, 7) is 1.94. The van der Waals surface area contributed by atoms with Crippen molar-refractivity contribution in [2.45, 2.75) is 6.54 Å². The third-order valence-corrected chi connectivity index (χ3v) is 3.69. The van der Waals surface area contributed by atoms with E-state index in [1.165, 1.54) is 0 Å². The van der Waals surface area contributed by atoms with Gasteiger partial charge in [-0.2, -0.15) is 5.10 Å². The first-order valence-corrected chi connectivity index (χ1v) is 7.19. The molecule has 0 spiro atoms. The van der Waals surface area contributed by atoms with Crippen LogP contribution in [0.4, 0.5) is 5.82 Å². The highest BCUT2D eigenvalue weighted by atomic mass is 16.6. The fraction of sp³-hybridized carbons (Fsp3) is 0.250. The zero-order chi connectivity index (χ0) is 14.9. The van der Waals surface area contributed by atoms with E-state index in [9.17, 15) is 0 Å². The Morgan fingerprint density at radius 3 is 2.91 bits per heavy atom. The van der Waals surface area contributed by atoms with Gasteiger partial charge in [0, 0.05) is 26.0 Å². The van der Waals surface area contributed by atoms with E-state index in [0.29, 0.717) is 13.2 Å². The maximum atomic E-state index is 5.64. The molecule has 0 radical (unpaired) electrons. The Morgan fingerprint density at radius 1 is 1.14 bits per heavy atom.